The number of ketones is 2. The van der Waals surface area contributed by atoms with E-state index in [4.69, 9.17) is 0 Å². The molecule has 0 saturated heterocycles. The van der Waals surface area contributed by atoms with E-state index in [-0.39, 0.29) is 5.56 Å². The van der Waals surface area contributed by atoms with Crippen molar-refractivity contribution < 1.29 is 18.4 Å². The van der Waals surface area contributed by atoms with Gasteiger partial charge < -0.3 is 0 Å². The lowest BCUT2D eigenvalue weighted by molar-refractivity contribution is -0.113. The number of carbonyl (C=O) groups excluding carboxylic acids is 2. The monoisotopic (exact) mass is 260 g/mol. The van der Waals surface area contributed by atoms with Crippen molar-refractivity contribution in [2.75, 3.05) is 0 Å². The van der Waals surface area contributed by atoms with E-state index in [9.17, 15) is 18.4 Å². The first-order chi connectivity index (χ1) is 8.99. The van der Waals surface area contributed by atoms with E-state index in [1.165, 1.54) is 25.1 Å². The van der Waals surface area contributed by atoms with E-state index >= 15 is 0 Å². The summed E-state index contributed by atoms with van der Waals surface area (Å²) in [6.45, 7) is 1.20. The maximum absolute atomic E-state index is 13.1. The highest BCUT2D eigenvalue weighted by Gasteiger charge is 2.11. The van der Waals surface area contributed by atoms with Gasteiger partial charge in [-0.05, 0) is 23.3 Å². The number of carbonyl (C=O) groups is 2. The summed E-state index contributed by atoms with van der Waals surface area (Å²) in [5, 5.41) is 0. The minimum atomic E-state index is -0.929. The van der Waals surface area contributed by atoms with Gasteiger partial charge in [0.2, 0.25) is 5.78 Å². The summed E-state index contributed by atoms with van der Waals surface area (Å²) in [5.74, 6) is -2.95. The maximum atomic E-state index is 13.1. The molecule has 0 spiro atoms. The van der Waals surface area contributed by atoms with Crippen LogP contribution in [0.15, 0.2) is 42.5 Å². The van der Waals surface area contributed by atoms with Gasteiger partial charge in [0.25, 0.3) is 0 Å². The topological polar surface area (TPSA) is 34.1 Å². The van der Waals surface area contributed by atoms with Crippen LogP contribution in [0.3, 0.4) is 0 Å². The van der Waals surface area contributed by atoms with E-state index in [2.05, 4.69) is 0 Å². The Morgan fingerprint density at radius 1 is 0.842 bits per heavy atom. The zero-order valence-corrected chi connectivity index (χ0v) is 10.1. The molecule has 0 unspecified atom stereocenters. The normalized spacial score (nSPS) is 10.3. The number of hydrogen-bond acceptors (Lipinski definition) is 2. The first kappa shape index (κ1) is 13.1. The molecule has 0 N–H and O–H groups in total. The molecule has 0 aliphatic heterocycles. The van der Waals surface area contributed by atoms with Gasteiger partial charge >= 0.3 is 0 Å². The van der Waals surface area contributed by atoms with Crippen LogP contribution in [0, 0.1) is 11.6 Å². The molecule has 0 radical (unpaired) electrons. The van der Waals surface area contributed by atoms with Crippen molar-refractivity contribution in [2.45, 2.75) is 6.92 Å². The molecule has 0 fully saturated rings. The zero-order chi connectivity index (χ0) is 14.0. The van der Waals surface area contributed by atoms with Gasteiger partial charge in [0.1, 0.15) is 0 Å². The summed E-state index contributed by atoms with van der Waals surface area (Å²) < 4.78 is 25.9. The van der Waals surface area contributed by atoms with Crippen molar-refractivity contribution in [3.05, 3.63) is 59.7 Å². The Bertz CT molecular complexity index is 646. The molecule has 2 aromatic rings. The largest absolute Gasteiger partial charge is 0.291 e. The van der Waals surface area contributed by atoms with Crippen LogP contribution in [0.25, 0.3) is 11.1 Å². The molecule has 0 amide bonds. The fourth-order valence-electron chi connectivity index (χ4n) is 1.69. The molecule has 96 valence electrons. The molecule has 2 nitrogen and oxygen atoms in total. The van der Waals surface area contributed by atoms with Gasteiger partial charge in [-0.2, -0.15) is 0 Å². The van der Waals surface area contributed by atoms with E-state index in [0.29, 0.717) is 11.1 Å². The van der Waals surface area contributed by atoms with Crippen LogP contribution in [0.2, 0.25) is 0 Å². The lowest BCUT2D eigenvalue weighted by atomic mass is 10.0. The first-order valence-corrected chi connectivity index (χ1v) is 5.60. The van der Waals surface area contributed by atoms with Crippen LogP contribution in [-0.4, -0.2) is 11.6 Å². The third-order valence-corrected chi connectivity index (χ3v) is 2.72. The lowest BCUT2D eigenvalue weighted by Crippen LogP contribution is -2.09. The summed E-state index contributed by atoms with van der Waals surface area (Å²) in [6.07, 6.45) is 0. The molecule has 4 heteroatoms. The maximum Gasteiger partial charge on any atom is 0.228 e. The number of Topliss-reactive ketones (excluding diaryl/α,β-unsaturated/α-hetero) is 2. The third-order valence-electron chi connectivity index (χ3n) is 2.72. The molecule has 19 heavy (non-hydrogen) atoms. The van der Waals surface area contributed by atoms with E-state index in [1.54, 1.807) is 12.1 Å². The highest BCUT2D eigenvalue weighted by molar-refractivity contribution is 6.42. The predicted octanol–water partition coefficient (Wildman–Crippen LogP) is 3.40. The van der Waals surface area contributed by atoms with Gasteiger partial charge in [-0.3, -0.25) is 9.59 Å². The molecule has 0 heterocycles. The van der Waals surface area contributed by atoms with Crippen LogP contribution in [-0.2, 0) is 4.79 Å². The van der Waals surface area contributed by atoms with Gasteiger partial charge in [0, 0.05) is 12.5 Å². The van der Waals surface area contributed by atoms with Crippen molar-refractivity contribution in [3.63, 3.8) is 0 Å². The molecule has 0 atom stereocenters. The molecule has 0 saturated carbocycles. The first-order valence-electron chi connectivity index (χ1n) is 5.60. The summed E-state index contributed by atoms with van der Waals surface area (Å²) in [4.78, 5) is 22.4. The van der Waals surface area contributed by atoms with Crippen molar-refractivity contribution in [1.29, 1.82) is 0 Å². The van der Waals surface area contributed by atoms with Crippen LogP contribution in [0.4, 0.5) is 8.78 Å². The second-order valence-electron chi connectivity index (χ2n) is 4.09. The van der Waals surface area contributed by atoms with Gasteiger partial charge in [-0.1, -0.05) is 30.3 Å². The van der Waals surface area contributed by atoms with Gasteiger partial charge in [0.15, 0.2) is 17.4 Å². The van der Waals surface area contributed by atoms with Crippen LogP contribution >= 0.6 is 0 Å². The molecule has 2 aromatic carbocycles. The second-order valence-corrected chi connectivity index (χ2v) is 4.09. The Hall–Kier alpha value is -2.36. The Labute approximate surface area is 108 Å². The molecule has 0 aliphatic carbocycles. The van der Waals surface area contributed by atoms with E-state index < -0.39 is 23.2 Å². The molecular formula is C15H10F2O2. The highest BCUT2D eigenvalue weighted by atomic mass is 19.2. The smallest absolute Gasteiger partial charge is 0.228 e. The Morgan fingerprint density at radius 3 is 1.95 bits per heavy atom. The number of benzene rings is 2. The van der Waals surface area contributed by atoms with E-state index in [1.807, 2.05) is 0 Å². The second kappa shape index (κ2) is 5.10. The van der Waals surface area contributed by atoms with Crippen molar-refractivity contribution in [1.82, 2.24) is 0 Å². The summed E-state index contributed by atoms with van der Waals surface area (Å²) in [6, 6.07) is 9.71. The summed E-state index contributed by atoms with van der Waals surface area (Å²) >= 11 is 0. The Balaban J connectivity index is 2.34. The van der Waals surface area contributed by atoms with Crippen molar-refractivity contribution in [2.24, 2.45) is 0 Å². The fraction of sp³-hybridized carbons (Fsp3) is 0.0667. The van der Waals surface area contributed by atoms with Gasteiger partial charge in [-0.15, -0.1) is 0 Å². The molecule has 0 aliphatic rings. The Morgan fingerprint density at radius 2 is 1.42 bits per heavy atom. The quantitative estimate of drug-likeness (QED) is 0.626. The van der Waals surface area contributed by atoms with Crippen LogP contribution < -0.4 is 0 Å². The SMILES string of the molecule is CC(=O)C(=O)c1ccc(-c2ccc(F)c(F)c2)cc1. The average Bonchev–Trinajstić information content (AvgIpc) is 2.41. The molecule has 0 bridgehead atoms. The summed E-state index contributed by atoms with van der Waals surface area (Å²) in [5.41, 5.74) is 1.42. The van der Waals surface area contributed by atoms with Crippen LogP contribution in [0.1, 0.15) is 17.3 Å². The minimum absolute atomic E-state index is 0.277. The fourth-order valence-corrected chi connectivity index (χ4v) is 1.69. The minimum Gasteiger partial charge on any atom is -0.291 e. The van der Waals surface area contributed by atoms with E-state index in [0.717, 1.165) is 12.1 Å². The van der Waals surface area contributed by atoms with Crippen molar-refractivity contribution >= 4 is 11.6 Å². The molecular weight excluding hydrogens is 250 g/mol. The van der Waals surface area contributed by atoms with Gasteiger partial charge in [-0.25, -0.2) is 8.78 Å². The standard InChI is InChI=1S/C15H10F2O2/c1-9(18)15(19)11-4-2-10(3-5-11)12-6-7-13(16)14(17)8-12/h2-8H,1H3. The predicted molar refractivity (Wildman–Crippen MR) is 66.8 cm³/mol. The number of rotatable bonds is 3. The number of hydrogen-bond donors (Lipinski definition) is 0. The summed E-state index contributed by atoms with van der Waals surface area (Å²) in [7, 11) is 0. The molecule has 2 rings (SSSR count). The molecule has 0 aromatic heterocycles. The highest BCUT2D eigenvalue weighted by Crippen LogP contribution is 2.22. The van der Waals surface area contributed by atoms with Gasteiger partial charge in [0.05, 0.1) is 0 Å². The Kier molecular flexibility index (Phi) is 3.51. The van der Waals surface area contributed by atoms with Crippen molar-refractivity contribution in [3.8, 4) is 11.1 Å². The third kappa shape index (κ3) is 2.73. The van der Waals surface area contributed by atoms with Crippen LogP contribution in [0.5, 0.6) is 0 Å². The number of halogens is 2. The average molecular weight is 260 g/mol. The zero-order valence-electron chi connectivity index (χ0n) is 10.1. The lowest BCUT2D eigenvalue weighted by Gasteiger charge is -2.03.